The predicted molar refractivity (Wildman–Crippen MR) is 299 cm³/mol. The molecule has 0 aliphatic heterocycles. The van der Waals surface area contributed by atoms with Gasteiger partial charge in [-0.25, -0.2) is 0 Å². The predicted octanol–water partition coefficient (Wildman–Crippen LogP) is 12.7. The van der Waals surface area contributed by atoms with Crippen LogP contribution < -0.4 is 42.4 Å². The third kappa shape index (κ3) is 12.4. The second kappa shape index (κ2) is 21.5. The summed E-state index contributed by atoms with van der Waals surface area (Å²) in [6.07, 6.45) is 5.29. The van der Waals surface area contributed by atoms with Crippen molar-refractivity contribution in [3.05, 3.63) is 197 Å². The van der Waals surface area contributed by atoms with Gasteiger partial charge in [-0.3, -0.25) is 9.59 Å². The van der Waals surface area contributed by atoms with Gasteiger partial charge in [0.05, 0.1) is 6.16 Å². The van der Waals surface area contributed by atoms with Crippen molar-refractivity contribution < 1.29 is 36.0 Å². The van der Waals surface area contributed by atoms with Crippen LogP contribution in [0.2, 0.25) is 0 Å². The Morgan fingerprint density at radius 2 is 0.761 bits per heavy atom. The average molecular weight is 1030 g/mol. The molecular formula is C65H72BrO4P. The van der Waals surface area contributed by atoms with Crippen molar-refractivity contribution in [3.63, 3.8) is 0 Å². The quantitative estimate of drug-likeness (QED) is 0.0561. The lowest BCUT2D eigenvalue weighted by molar-refractivity contribution is -0.133. The molecule has 0 aliphatic rings. The Morgan fingerprint density at radius 1 is 0.423 bits per heavy atom. The maximum absolute atomic E-state index is 12.6. The third-order valence-corrected chi connectivity index (χ3v) is 17.4. The number of benzene rings is 7. The van der Waals surface area contributed by atoms with Crippen LogP contribution in [0.1, 0.15) is 136 Å². The van der Waals surface area contributed by atoms with Crippen LogP contribution in [0, 0.1) is 0 Å². The number of carbonyl (C=O) groups is 2. The monoisotopic (exact) mass is 1030 g/mol. The average Bonchev–Trinajstić information content (AvgIpc) is 3.29. The Labute approximate surface area is 436 Å². The molecule has 7 aromatic rings. The van der Waals surface area contributed by atoms with E-state index in [1.54, 1.807) is 0 Å². The molecule has 4 nitrogen and oxygen atoms in total. The number of hydrogen-bond donors (Lipinski definition) is 0. The normalized spacial score (nSPS) is 12.4. The van der Waals surface area contributed by atoms with E-state index in [2.05, 4.69) is 253 Å². The number of carbonyl (C=O) groups excluding carboxylic acids is 2. The summed E-state index contributed by atoms with van der Waals surface area (Å²) >= 11 is 0. The van der Waals surface area contributed by atoms with Crippen molar-refractivity contribution in [1.29, 1.82) is 0 Å². The van der Waals surface area contributed by atoms with Gasteiger partial charge in [-0.05, 0) is 127 Å². The van der Waals surface area contributed by atoms with E-state index in [4.69, 9.17) is 9.47 Å². The summed E-state index contributed by atoms with van der Waals surface area (Å²) in [6.45, 7) is 29.1. The standard InChI is InChI=1S/C65H72O4P.BrH/c1-44(66)68-60-56(62(3,4)5)39-50(40-57(60)63(6,7)8)47-33-30-46(31-34-47)32-35-48-36-37-49(51-41-58(64(9,10)11)61(69-45(2)67)59(42-51)65(12,13)14)38-52(48)43-70(53-24-18-15-19-25-53,54-26-20-16-21-27-54)55-28-22-17-23-29-55;/h15-42H,43H2,1-14H3;1H/q+1;/p-1/b35-32+;. The zero-order chi connectivity index (χ0) is 50.8. The smallest absolute Gasteiger partial charge is 0.308 e. The van der Waals surface area contributed by atoms with Gasteiger partial charge in [0.1, 0.15) is 34.7 Å². The molecule has 0 spiro atoms. The van der Waals surface area contributed by atoms with Gasteiger partial charge in [0.15, 0.2) is 0 Å². The third-order valence-electron chi connectivity index (χ3n) is 13.1. The van der Waals surface area contributed by atoms with E-state index in [9.17, 15) is 9.59 Å². The molecule has 0 unspecified atom stereocenters. The Balaban J connectivity index is 0.00000825. The molecular weight excluding hydrogens is 956 g/mol. The number of ether oxygens (including phenoxy) is 2. The van der Waals surface area contributed by atoms with Crippen molar-refractivity contribution in [2.45, 2.75) is 125 Å². The zero-order valence-electron chi connectivity index (χ0n) is 44.3. The lowest BCUT2D eigenvalue weighted by Crippen LogP contribution is -3.00. The van der Waals surface area contributed by atoms with Crippen molar-refractivity contribution in [1.82, 2.24) is 0 Å². The van der Waals surface area contributed by atoms with Crippen LogP contribution in [-0.4, -0.2) is 11.9 Å². The van der Waals surface area contributed by atoms with Crippen LogP contribution in [-0.2, 0) is 37.4 Å². The van der Waals surface area contributed by atoms with Gasteiger partial charge in [0, 0.05) is 36.1 Å². The molecule has 0 amide bonds. The lowest BCUT2D eigenvalue weighted by atomic mass is 9.77. The highest BCUT2D eigenvalue weighted by atomic mass is 79.9. The Hall–Kier alpha value is -5.87. The highest BCUT2D eigenvalue weighted by Gasteiger charge is 2.46. The van der Waals surface area contributed by atoms with Gasteiger partial charge in [-0.1, -0.05) is 186 Å². The number of hydrogen-bond acceptors (Lipinski definition) is 4. The lowest BCUT2D eigenvalue weighted by Gasteiger charge is -2.30. The fraction of sp³-hybridized carbons (Fsp3) is 0.292. The Morgan fingerprint density at radius 3 is 1.10 bits per heavy atom. The molecule has 0 heterocycles. The molecule has 368 valence electrons. The summed E-state index contributed by atoms with van der Waals surface area (Å²) < 4.78 is 12.0. The van der Waals surface area contributed by atoms with E-state index in [1.807, 2.05) is 0 Å². The van der Waals surface area contributed by atoms with E-state index < -0.39 is 7.26 Å². The fourth-order valence-electron chi connectivity index (χ4n) is 9.41. The second-order valence-electron chi connectivity index (χ2n) is 22.8. The summed E-state index contributed by atoms with van der Waals surface area (Å²) in [4.78, 5) is 25.0. The molecule has 0 bridgehead atoms. The topological polar surface area (TPSA) is 52.6 Å². The van der Waals surface area contributed by atoms with Gasteiger partial charge < -0.3 is 26.5 Å². The van der Waals surface area contributed by atoms with Gasteiger partial charge in [-0.15, -0.1) is 0 Å². The van der Waals surface area contributed by atoms with Crippen LogP contribution >= 0.6 is 7.26 Å². The SMILES string of the molecule is CC(=O)Oc1c(C(C)(C)C)cc(-c2ccc(/C=C/c3ccc(-c4cc(C(C)(C)C)c(OC(C)=O)c(C(C)(C)C)c4)cc3C[P+](c3ccccc3)(c3ccccc3)c3ccccc3)cc2)cc1C(C)(C)C.[Br-]. The Kier molecular flexibility index (Phi) is 16.5. The summed E-state index contributed by atoms with van der Waals surface area (Å²) in [5, 5.41) is 3.97. The molecule has 71 heavy (non-hydrogen) atoms. The minimum absolute atomic E-state index is 0. The molecule has 0 aliphatic carbocycles. The molecule has 0 atom stereocenters. The van der Waals surface area contributed by atoms with Gasteiger partial charge in [0.2, 0.25) is 0 Å². The van der Waals surface area contributed by atoms with Crippen molar-refractivity contribution in [2.75, 3.05) is 0 Å². The van der Waals surface area contributed by atoms with Crippen molar-refractivity contribution in [2.24, 2.45) is 0 Å². The summed E-state index contributed by atoms with van der Waals surface area (Å²) in [6, 6.07) is 57.8. The largest absolute Gasteiger partial charge is 1.00 e. The fourth-order valence-corrected chi connectivity index (χ4v) is 13.7. The van der Waals surface area contributed by atoms with Crippen molar-refractivity contribution in [3.8, 4) is 33.8 Å². The first-order valence-electron chi connectivity index (χ1n) is 24.6. The van der Waals surface area contributed by atoms with E-state index in [0.29, 0.717) is 11.5 Å². The minimum atomic E-state index is -2.31. The number of rotatable bonds is 11. The zero-order valence-corrected chi connectivity index (χ0v) is 46.8. The van der Waals surface area contributed by atoms with Crippen LogP contribution in [0.15, 0.2) is 158 Å². The molecule has 7 aromatic carbocycles. The van der Waals surface area contributed by atoms with E-state index in [0.717, 1.165) is 61.8 Å². The molecule has 0 radical (unpaired) electrons. The minimum Gasteiger partial charge on any atom is -1.00 e. The van der Waals surface area contributed by atoms with Crippen LogP contribution in [0.25, 0.3) is 34.4 Å². The highest BCUT2D eigenvalue weighted by Crippen LogP contribution is 2.59. The van der Waals surface area contributed by atoms with E-state index in [1.165, 1.54) is 35.3 Å². The van der Waals surface area contributed by atoms with Crippen LogP contribution in [0.4, 0.5) is 0 Å². The first kappa shape index (κ1) is 54.5. The van der Waals surface area contributed by atoms with Gasteiger partial charge >= 0.3 is 11.9 Å². The summed E-state index contributed by atoms with van der Waals surface area (Å²) in [5.74, 6) is 0.690. The molecule has 0 N–H and O–H groups in total. The molecule has 6 heteroatoms. The molecule has 0 saturated carbocycles. The van der Waals surface area contributed by atoms with E-state index >= 15 is 0 Å². The van der Waals surface area contributed by atoms with Crippen molar-refractivity contribution >= 4 is 47.3 Å². The highest BCUT2D eigenvalue weighted by molar-refractivity contribution is 7.95. The summed E-state index contributed by atoms with van der Waals surface area (Å²) in [7, 11) is -2.31. The van der Waals surface area contributed by atoms with Crippen LogP contribution in [0.5, 0.6) is 11.5 Å². The molecule has 0 aromatic heterocycles. The Bertz CT molecular complexity index is 2850. The van der Waals surface area contributed by atoms with Gasteiger partial charge in [0.25, 0.3) is 0 Å². The molecule has 7 rings (SSSR count). The molecule has 0 saturated heterocycles. The van der Waals surface area contributed by atoms with Crippen LogP contribution in [0.3, 0.4) is 0 Å². The second-order valence-corrected chi connectivity index (χ2v) is 26.3. The first-order valence-corrected chi connectivity index (χ1v) is 26.6. The molecule has 0 fully saturated rings. The van der Waals surface area contributed by atoms with E-state index in [-0.39, 0.29) is 50.6 Å². The first-order chi connectivity index (χ1) is 32.9. The number of esters is 2. The maximum atomic E-state index is 12.6. The maximum Gasteiger partial charge on any atom is 0.308 e. The number of halogens is 1. The van der Waals surface area contributed by atoms with Gasteiger partial charge in [-0.2, -0.15) is 0 Å². The summed E-state index contributed by atoms with van der Waals surface area (Å²) in [5.41, 5.74) is 10.8.